The molecule has 6 nitrogen and oxygen atoms in total. The van der Waals surface area contributed by atoms with E-state index in [1.54, 1.807) is 0 Å². The van der Waals surface area contributed by atoms with Crippen molar-refractivity contribution >= 4 is 11.9 Å². The average Bonchev–Trinajstić information content (AvgIpc) is 2.35. The van der Waals surface area contributed by atoms with Crippen LogP contribution in [0.15, 0.2) is 0 Å². The number of likely N-dealkylation sites (N-methyl/N-ethyl adjacent to an activating group) is 1. The lowest BCUT2D eigenvalue weighted by atomic mass is 9.50. The molecule has 1 spiro atoms. The Morgan fingerprint density at radius 3 is 2.39 bits per heavy atom. The SMILES string of the molecule is CCO[C@@H]1C[C@H](N(C)C(=O)[C@H](NC(N)=O)C(C)(C)C)C12CCC2. The van der Waals surface area contributed by atoms with Gasteiger partial charge in [-0.1, -0.05) is 27.2 Å². The second kappa shape index (κ2) is 6.30. The molecule has 0 saturated heterocycles. The van der Waals surface area contributed by atoms with Gasteiger partial charge in [0.05, 0.1) is 6.10 Å². The zero-order chi connectivity index (χ0) is 17.4. The van der Waals surface area contributed by atoms with Gasteiger partial charge in [-0.15, -0.1) is 0 Å². The Morgan fingerprint density at radius 1 is 1.39 bits per heavy atom. The summed E-state index contributed by atoms with van der Waals surface area (Å²) in [5.74, 6) is -0.0671. The van der Waals surface area contributed by atoms with Gasteiger partial charge in [-0.3, -0.25) is 4.79 Å². The molecule has 0 radical (unpaired) electrons. The van der Waals surface area contributed by atoms with Crippen molar-refractivity contribution in [3.05, 3.63) is 0 Å². The first-order chi connectivity index (χ1) is 10.6. The highest BCUT2D eigenvalue weighted by Gasteiger charge is 2.61. The van der Waals surface area contributed by atoms with E-state index in [0.29, 0.717) is 6.61 Å². The molecule has 2 aliphatic carbocycles. The largest absolute Gasteiger partial charge is 0.378 e. The average molecular weight is 325 g/mol. The maximum atomic E-state index is 13.0. The molecule has 0 aromatic heterocycles. The molecule has 3 atom stereocenters. The zero-order valence-corrected chi connectivity index (χ0v) is 15.0. The van der Waals surface area contributed by atoms with Crippen molar-refractivity contribution in [3.8, 4) is 0 Å². The van der Waals surface area contributed by atoms with Gasteiger partial charge in [-0.05, 0) is 31.6 Å². The van der Waals surface area contributed by atoms with Gasteiger partial charge in [0.2, 0.25) is 5.91 Å². The Balaban J connectivity index is 2.11. The first kappa shape index (κ1) is 18.0. The highest BCUT2D eigenvalue weighted by Crippen LogP contribution is 2.59. The number of amides is 3. The molecular weight excluding hydrogens is 294 g/mol. The van der Waals surface area contributed by atoms with E-state index in [4.69, 9.17) is 10.5 Å². The molecular formula is C17H31N3O3. The monoisotopic (exact) mass is 325 g/mol. The molecule has 0 aromatic carbocycles. The Hall–Kier alpha value is -1.30. The summed E-state index contributed by atoms with van der Waals surface area (Å²) >= 11 is 0. The number of hydrogen-bond acceptors (Lipinski definition) is 3. The molecule has 6 heteroatoms. The lowest BCUT2D eigenvalue weighted by Crippen LogP contribution is -2.69. The van der Waals surface area contributed by atoms with Crippen LogP contribution in [-0.4, -0.2) is 48.7 Å². The molecule has 2 rings (SSSR count). The molecule has 0 bridgehead atoms. The van der Waals surface area contributed by atoms with Gasteiger partial charge in [-0.2, -0.15) is 0 Å². The van der Waals surface area contributed by atoms with Crippen molar-refractivity contribution in [3.63, 3.8) is 0 Å². The Bertz CT molecular complexity index is 468. The van der Waals surface area contributed by atoms with Crippen molar-refractivity contribution in [2.24, 2.45) is 16.6 Å². The zero-order valence-electron chi connectivity index (χ0n) is 15.0. The van der Waals surface area contributed by atoms with Crippen LogP contribution in [0, 0.1) is 10.8 Å². The molecule has 3 N–H and O–H groups in total. The summed E-state index contributed by atoms with van der Waals surface area (Å²) in [6.45, 7) is 8.53. The molecule has 132 valence electrons. The molecule has 0 aliphatic heterocycles. The van der Waals surface area contributed by atoms with E-state index in [2.05, 4.69) is 5.32 Å². The Morgan fingerprint density at radius 2 is 2.00 bits per heavy atom. The topological polar surface area (TPSA) is 84.7 Å². The highest BCUT2D eigenvalue weighted by molar-refractivity contribution is 5.87. The van der Waals surface area contributed by atoms with Crippen molar-refractivity contribution in [1.29, 1.82) is 0 Å². The normalized spacial score (nSPS) is 26.8. The number of primary amides is 1. The molecule has 0 aromatic rings. The fraction of sp³-hybridized carbons (Fsp3) is 0.882. The second-order valence-electron chi connectivity index (χ2n) is 8.04. The lowest BCUT2D eigenvalue weighted by molar-refractivity contribution is -0.203. The van der Waals surface area contributed by atoms with Gasteiger partial charge in [0.25, 0.3) is 0 Å². The number of carbonyl (C=O) groups is 2. The fourth-order valence-corrected chi connectivity index (χ4v) is 4.09. The standard InChI is InChI=1S/C17H31N3O3/c1-6-23-12-10-11(17(12)8-7-9-17)20(5)14(21)13(16(2,3)4)19-15(18)22/h11-13H,6-10H2,1-5H3,(H3,18,19,22)/t11-,12+,13-/m0/s1. The van der Waals surface area contributed by atoms with Crippen molar-refractivity contribution < 1.29 is 14.3 Å². The van der Waals surface area contributed by atoms with E-state index in [1.165, 1.54) is 6.42 Å². The summed E-state index contributed by atoms with van der Waals surface area (Å²) in [6, 6.07) is -1.08. The van der Waals surface area contributed by atoms with Gasteiger partial charge in [-0.25, -0.2) is 4.79 Å². The van der Waals surface area contributed by atoms with E-state index >= 15 is 0 Å². The van der Waals surface area contributed by atoms with Crippen LogP contribution in [0.5, 0.6) is 0 Å². The van der Waals surface area contributed by atoms with E-state index in [-0.39, 0.29) is 23.5 Å². The minimum Gasteiger partial charge on any atom is -0.378 e. The second-order valence-corrected chi connectivity index (χ2v) is 8.04. The smallest absolute Gasteiger partial charge is 0.312 e. The number of urea groups is 1. The molecule has 2 saturated carbocycles. The number of nitrogens with one attached hydrogen (secondary N) is 1. The number of nitrogens with two attached hydrogens (primary N) is 1. The summed E-state index contributed by atoms with van der Waals surface area (Å²) in [5.41, 5.74) is 4.99. The van der Waals surface area contributed by atoms with Crippen LogP contribution < -0.4 is 11.1 Å². The minimum absolute atomic E-state index is 0.0671. The first-order valence-electron chi connectivity index (χ1n) is 8.57. The number of carbonyl (C=O) groups excluding carboxylic acids is 2. The van der Waals surface area contributed by atoms with Gasteiger partial charge in [0.15, 0.2) is 0 Å². The van der Waals surface area contributed by atoms with Gasteiger partial charge in [0.1, 0.15) is 6.04 Å². The van der Waals surface area contributed by atoms with Crippen LogP contribution in [0.4, 0.5) is 4.79 Å². The molecule has 2 aliphatic rings. The summed E-state index contributed by atoms with van der Waals surface area (Å²) in [5, 5.41) is 2.62. The third kappa shape index (κ3) is 3.18. The maximum Gasteiger partial charge on any atom is 0.312 e. The van der Waals surface area contributed by atoms with E-state index in [0.717, 1.165) is 19.3 Å². The van der Waals surface area contributed by atoms with E-state index in [1.807, 2.05) is 39.6 Å². The van der Waals surface area contributed by atoms with Crippen molar-refractivity contribution in [1.82, 2.24) is 10.2 Å². The molecule has 2 fully saturated rings. The number of ether oxygens (including phenoxy) is 1. The van der Waals surface area contributed by atoms with Gasteiger partial charge < -0.3 is 20.7 Å². The van der Waals surface area contributed by atoms with Crippen LogP contribution in [0.25, 0.3) is 0 Å². The van der Waals surface area contributed by atoms with Crippen LogP contribution in [0.3, 0.4) is 0 Å². The third-order valence-electron chi connectivity index (χ3n) is 5.61. The van der Waals surface area contributed by atoms with Crippen LogP contribution >= 0.6 is 0 Å². The van der Waals surface area contributed by atoms with Crippen molar-refractivity contribution in [2.75, 3.05) is 13.7 Å². The first-order valence-corrected chi connectivity index (χ1v) is 8.57. The minimum atomic E-state index is -0.661. The summed E-state index contributed by atoms with van der Waals surface area (Å²) in [7, 11) is 1.84. The predicted octanol–water partition coefficient (Wildman–Crippen LogP) is 1.88. The van der Waals surface area contributed by atoms with E-state index < -0.39 is 17.5 Å². The number of rotatable bonds is 5. The quantitative estimate of drug-likeness (QED) is 0.809. The van der Waals surface area contributed by atoms with Crippen LogP contribution in [-0.2, 0) is 9.53 Å². The fourth-order valence-electron chi connectivity index (χ4n) is 4.09. The van der Waals surface area contributed by atoms with E-state index in [9.17, 15) is 9.59 Å². The predicted molar refractivity (Wildman–Crippen MR) is 88.8 cm³/mol. The third-order valence-corrected chi connectivity index (χ3v) is 5.61. The maximum absolute atomic E-state index is 13.0. The molecule has 0 unspecified atom stereocenters. The van der Waals surface area contributed by atoms with Gasteiger partial charge >= 0.3 is 6.03 Å². The highest BCUT2D eigenvalue weighted by atomic mass is 16.5. The number of hydrogen-bond donors (Lipinski definition) is 2. The van der Waals surface area contributed by atoms with Crippen molar-refractivity contribution in [2.45, 2.75) is 71.6 Å². The summed E-state index contributed by atoms with van der Waals surface area (Å²) in [4.78, 5) is 26.1. The molecule has 3 amide bonds. The Kier molecular flexibility index (Phi) is 4.95. The Labute approximate surface area is 139 Å². The lowest BCUT2D eigenvalue weighted by Gasteiger charge is -2.63. The summed E-state index contributed by atoms with van der Waals surface area (Å²) in [6.07, 6.45) is 4.57. The van der Waals surface area contributed by atoms with Crippen LogP contribution in [0.2, 0.25) is 0 Å². The van der Waals surface area contributed by atoms with Crippen LogP contribution in [0.1, 0.15) is 53.4 Å². The van der Waals surface area contributed by atoms with Gasteiger partial charge in [0, 0.05) is 25.1 Å². The number of nitrogens with zero attached hydrogens (tertiary/aromatic N) is 1. The molecule has 0 heterocycles. The summed E-state index contributed by atoms with van der Waals surface area (Å²) < 4.78 is 5.86. The molecule has 23 heavy (non-hydrogen) atoms.